The molecule has 112 valence electrons. The maximum absolute atomic E-state index is 13.2. The fourth-order valence-corrected chi connectivity index (χ4v) is 2.82. The molecule has 1 N–H and O–H groups in total. The lowest BCUT2D eigenvalue weighted by molar-refractivity contribution is -0.137. The zero-order valence-corrected chi connectivity index (χ0v) is 12.7. The number of hydrogen-bond acceptors (Lipinski definition) is 1. The summed E-state index contributed by atoms with van der Waals surface area (Å²) < 4.78 is 39.9. The van der Waals surface area contributed by atoms with Crippen molar-refractivity contribution < 1.29 is 13.2 Å². The Balaban J connectivity index is 2.12. The van der Waals surface area contributed by atoms with Crippen LogP contribution in [0.25, 0.3) is 22.5 Å². The van der Waals surface area contributed by atoms with Crippen LogP contribution in [0, 0.1) is 0 Å². The van der Waals surface area contributed by atoms with Gasteiger partial charge in [0, 0.05) is 15.6 Å². The van der Waals surface area contributed by atoms with Crippen molar-refractivity contribution >= 4 is 15.9 Å². The van der Waals surface area contributed by atoms with E-state index in [-0.39, 0.29) is 5.56 Å². The molecule has 0 unspecified atom stereocenters. The summed E-state index contributed by atoms with van der Waals surface area (Å²) in [5.41, 5.74) is 1.11. The van der Waals surface area contributed by atoms with Crippen LogP contribution >= 0.6 is 15.9 Å². The van der Waals surface area contributed by atoms with Gasteiger partial charge in [0.05, 0.1) is 17.0 Å². The fourth-order valence-electron chi connectivity index (χ4n) is 2.24. The van der Waals surface area contributed by atoms with Crippen molar-refractivity contribution in [2.45, 2.75) is 6.18 Å². The number of H-pyrrole nitrogens is 1. The van der Waals surface area contributed by atoms with Gasteiger partial charge in [-0.1, -0.05) is 52.3 Å². The van der Waals surface area contributed by atoms with Gasteiger partial charge in [0.25, 0.3) is 0 Å². The van der Waals surface area contributed by atoms with E-state index < -0.39 is 11.7 Å². The van der Waals surface area contributed by atoms with Crippen molar-refractivity contribution in [3.05, 3.63) is 64.6 Å². The molecule has 0 spiro atoms. The van der Waals surface area contributed by atoms with Gasteiger partial charge < -0.3 is 0 Å². The summed E-state index contributed by atoms with van der Waals surface area (Å²) in [5.74, 6) is 0. The molecule has 1 aromatic heterocycles. The summed E-state index contributed by atoms with van der Waals surface area (Å²) in [6, 6.07) is 14.9. The van der Waals surface area contributed by atoms with Crippen LogP contribution in [0.4, 0.5) is 13.2 Å². The second kappa shape index (κ2) is 5.61. The number of aromatic nitrogens is 2. The smallest absolute Gasteiger partial charge is 0.277 e. The maximum Gasteiger partial charge on any atom is 0.417 e. The van der Waals surface area contributed by atoms with Crippen LogP contribution in [0.5, 0.6) is 0 Å². The lowest BCUT2D eigenvalue weighted by atomic mass is 10.0. The minimum absolute atomic E-state index is 0.0599. The standard InChI is InChI=1S/C16H10BrF3N2/c17-12-8-4-7-11(16(18,19)20)15(12)14-9-13(21-22-14)10-5-2-1-3-6-10/h1-9H,(H,21,22). The predicted octanol–water partition coefficient (Wildman–Crippen LogP) is 5.53. The Morgan fingerprint density at radius 2 is 1.68 bits per heavy atom. The second-order valence-electron chi connectivity index (χ2n) is 4.69. The van der Waals surface area contributed by atoms with Crippen molar-refractivity contribution in [2.24, 2.45) is 0 Å². The van der Waals surface area contributed by atoms with Crippen LogP contribution in [-0.2, 0) is 6.18 Å². The molecule has 3 aromatic rings. The van der Waals surface area contributed by atoms with Gasteiger partial charge in [0.15, 0.2) is 0 Å². The minimum Gasteiger partial charge on any atom is -0.277 e. The highest BCUT2D eigenvalue weighted by Crippen LogP contribution is 2.40. The number of alkyl halides is 3. The highest BCUT2D eigenvalue weighted by Gasteiger charge is 2.34. The summed E-state index contributed by atoms with van der Waals surface area (Å²) in [6.07, 6.45) is -4.43. The highest BCUT2D eigenvalue weighted by atomic mass is 79.9. The number of hydrogen-bond donors (Lipinski definition) is 1. The van der Waals surface area contributed by atoms with Crippen molar-refractivity contribution in [2.75, 3.05) is 0 Å². The Labute approximate surface area is 133 Å². The van der Waals surface area contributed by atoms with E-state index in [9.17, 15) is 13.2 Å². The fraction of sp³-hybridized carbons (Fsp3) is 0.0625. The molecule has 0 aliphatic heterocycles. The van der Waals surface area contributed by atoms with E-state index in [1.807, 2.05) is 30.3 Å². The first-order valence-electron chi connectivity index (χ1n) is 6.44. The van der Waals surface area contributed by atoms with E-state index in [2.05, 4.69) is 26.1 Å². The van der Waals surface area contributed by atoms with Gasteiger partial charge in [0.1, 0.15) is 0 Å². The Hall–Kier alpha value is -2.08. The Morgan fingerprint density at radius 3 is 2.36 bits per heavy atom. The third-order valence-corrected chi connectivity index (χ3v) is 3.90. The number of rotatable bonds is 2. The summed E-state index contributed by atoms with van der Waals surface area (Å²) in [7, 11) is 0. The van der Waals surface area contributed by atoms with Crippen molar-refractivity contribution in [1.82, 2.24) is 10.2 Å². The topological polar surface area (TPSA) is 28.7 Å². The van der Waals surface area contributed by atoms with Crippen LogP contribution in [0.2, 0.25) is 0 Å². The normalized spacial score (nSPS) is 11.6. The number of nitrogens with one attached hydrogen (secondary N) is 1. The van der Waals surface area contributed by atoms with Gasteiger partial charge in [-0.25, -0.2) is 0 Å². The largest absolute Gasteiger partial charge is 0.417 e. The molecule has 0 fully saturated rings. The highest BCUT2D eigenvalue weighted by molar-refractivity contribution is 9.10. The van der Waals surface area contributed by atoms with Gasteiger partial charge in [-0.15, -0.1) is 0 Å². The van der Waals surface area contributed by atoms with Crippen LogP contribution in [-0.4, -0.2) is 10.2 Å². The van der Waals surface area contributed by atoms with Crippen molar-refractivity contribution in [3.8, 4) is 22.5 Å². The minimum atomic E-state index is -4.43. The Kier molecular flexibility index (Phi) is 3.78. The molecule has 22 heavy (non-hydrogen) atoms. The quantitative estimate of drug-likeness (QED) is 0.634. The first-order valence-corrected chi connectivity index (χ1v) is 7.23. The molecule has 0 atom stereocenters. The summed E-state index contributed by atoms with van der Waals surface area (Å²) in [4.78, 5) is 0. The molecular weight excluding hydrogens is 357 g/mol. The molecule has 0 saturated heterocycles. The van der Waals surface area contributed by atoms with E-state index in [1.54, 1.807) is 12.1 Å². The molecule has 6 heteroatoms. The second-order valence-corrected chi connectivity index (χ2v) is 5.55. The molecule has 1 heterocycles. The monoisotopic (exact) mass is 366 g/mol. The number of halogens is 4. The molecular formula is C16H10BrF3N2. The van der Waals surface area contributed by atoms with Gasteiger partial charge >= 0.3 is 6.18 Å². The first-order chi connectivity index (χ1) is 10.5. The molecule has 0 aliphatic carbocycles. The zero-order chi connectivity index (χ0) is 15.7. The summed E-state index contributed by atoms with van der Waals surface area (Å²) in [5, 5.41) is 6.81. The SMILES string of the molecule is FC(F)(F)c1cccc(Br)c1-c1cc(-c2ccccc2)n[nH]1. The molecule has 3 rings (SSSR count). The zero-order valence-electron chi connectivity index (χ0n) is 11.2. The molecule has 2 aromatic carbocycles. The van der Waals surface area contributed by atoms with Crippen LogP contribution in [0.3, 0.4) is 0 Å². The van der Waals surface area contributed by atoms with Crippen LogP contribution < -0.4 is 0 Å². The lowest BCUT2D eigenvalue weighted by Crippen LogP contribution is -2.07. The van der Waals surface area contributed by atoms with E-state index >= 15 is 0 Å². The van der Waals surface area contributed by atoms with Crippen molar-refractivity contribution in [3.63, 3.8) is 0 Å². The predicted molar refractivity (Wildman–Crippen MR) is 82.2 cm³/mol. The van der Waals surface area contributed by atoms with E-state index in [0.29, 0.717) is 15.9 Å². The number of aromatic amines is 1. The van der Waals surface area contributed by atoms with E-state index in [4.69, 9.17) is 0 Å². The Morgan fingerprint density at radius 1 is 0.955 bits per heavy atom. The van der Waals surface area contributed by atoms with Crippen LogP contribution in [0.15, 0.2) is 59.1 Å². The van der Waals surface area contributed by atoms with Gasteiger partial charge in [0.2, 0.25) is 0 Å². The average Bonchev–Trinajstić information content (AvgIpc) is 2.96. The Bertz CT molecular complexity index is 795. The molecule has 0 saturated carbocycles. The molecule has 2 nitrogen and oxygen atoms in total. The number of benzene rings is 2. The van der Waals surface area contributed by atoms with Crippen LogP contribution in [0.1, 0.15) is 5.56 Å². The third kappa shape index (κ3) is 2.78. The average molecular weight is 367 g/mol. The summed E-state index contributed by atoms with van der Waals surface area (Å²) in [6.45, 7) is 0. The van der Waals surface area contributed by atoms with Crippen molar-refractivity contribution in [1.29, 1.82) is 0 Å². The van der Waals surface area contributed by atoms with Gasteiger partial charge in [-0.3, -0.25) is 5.10 Å². The maximum atomic E-state index is 13.2. The van der Waals surface area contributed by atoms with Gasteiger partial charge in [-0.05, 0) is 18.2 Å². The third-order valence-electron chi connectivity index (χ3n) is 3.24. The molecule has 0 aliphatic rings. The van der Waals surface area contributed by atoms with E-state index in [0.717, 1.165) is 11.6 Å². The van der Waals surface area contributed by atoms with E-state index in [1.165, 1.54) is 6.07 Å². The summed E-state index contributed by atoms with van der Waals surface area (Å²) >= 11 is 3.19. The molecule has 0 bridgehead atoms. The molecule has 0 radical (unpaired) electrons. The number of nitrogens with zero attached hydrogens (tertiary/aromatic N) is 1. The molecule has 0 amide bonds. The lowest BCUT2D eigenvalue weighted by Gasteiger charge is -2.12. The van der Waals surface area contributed by atoms with Gasteiger partial charge in [-0.2, -0.15) is 18.3 Å². The first kappa shape index (κ1) is 14.8.